The average Bonchev–Trinajstić information content (AvgIpc) is 2.76. The summed E-state index contributed by atoms with van der Waals surface area (Å²) >= 11 is 0. The predicted molar refractivity (Wildman–Crippen MR) is 117 cm³/mol. The van der Waals surface area contributed by atoms with Gasteiger partial charge in [-0.2, -0.15) is 0 Å². The van der Waals surface area contributed by atoms with Crippen molar-refractivity contribution in [2.45, 2.75) is 40.9 Å². The van der Waals surface area contributed by atoms with Crippen LogP contribution in [0.5, 0.6) is 0 Å². The Bertz CT molecular complexity index is 790. The second-order valence-corrected chi connectivity index (χ2v) is 8.62. The second kappa shape index (κ2) is 12.5. The lowest BCUT2D eigenvalue weighted by Crippen LogP contribution is -2.36. The van der Waals surface area contributed by atoms with Crippen molar-refractivity contribution in [2.75, 3.05) is 0 Å². The Morgan fingerprint density at radius 3 is 1.43 bits per heavy atom. The van der Waals surface area contributed by atoms with Gasteiger partial charge in [0.1, 0.15) is 0 Å². The van der Waals surface area contributed by atoms with E-state index in [9.17, 15) is 14.7 Å². The van der Waals surface area contributed by atoms with Gasteiger partial charge in [0, 0.05) is 0 Å². The lowest BCUT2D eigenvalue weighted by atomic mass is 10.0. The maximum Gasteiger partial charge on any atom is 0.312 e. The van der Waals surface area contributed by atoms with Crippen LogP contribution in [0, 0.1) is 5.92 Å². The molecule has 156 valence electrons. The van der Waals surface area contributed by atoms with Crippen molar-refractivity contribution in [1.82, 2.24) is 0 Å². The molecule has 0 saturated carbocycles. The lowest BCUT2D eigenvalue weighted by molar-refractivity contribution is -0.310. The minimum Gasteiger partial charge on any atom is -0.549 e. The van der Waals surface area contributed by atoms with E-state index in [0.717, 1.165) is 6.42 Å². The largest absolute Gasteiger partial charge is 0.549 e. The maximum atomic E-state index is 10.2. The number of carboxylic acids is 2. The summed E-state index contributed by atoms with van der Waals surface area (Å²) in [4.78, 5) is 24.5. The molecule has 1 atom stereocenters. The summed E-state index contributed by atoms with van der Waals surface area (Å²) in [6.45, 7) is 1.87. The summed E-state index contributed by atoms with van der Waals surface area (Å²) in [6, 6.07) is 32.2. The Balaban J connectivity index is 0.000000252. The van der Waals surface area contributed by atoms with Crippen LogP contribution < -0.4 is 5.11 Å². The van der Waals surface area contributed by atoms with Crippen LogP contribution in [-0.2, 0) is 20.5 Å². The molecule has 0 aliphatic carbocycles. The van der Waals surface area contributed by atoms with Gasteiger partial charge in [0.25, 0.3) is 0 Å². The molecule has 3 rings (SSSR count). The Labute approximate surface area is 180 Å². The van der Waals surface area contributed by atoms with E-state index in [1.165, 1.54) is 14.7 Å². The van der Waals surface area contributed by atoms with Crippen LogP contribution in [0.2, 0.25) is 0 Å². The van der Waals surface area contributed by atoms with Gasteiger partial charge in [-0.15, -0.1) is 0 Å². The fraction of sp³-hybridized carbons (Fsp3) is 0.200. The zero-order valence-corrected chi connectivity index (χ0v) is 17.8. The van der Waals surface area contributed by atoms with Crippen LogP contribution in [0.3, 0.4) is 0 Å². The molecule has 0 aliphatic heterocycles. The van der Waals surface area contributed by atoms with E-state index in [-0.39, 0.29) is 17.3 Å². The zero-order chi connectivity index (χ0) is 21.8. The van der Waals surface area contributed by atoms with E-state index in [2.05, 4.69) is 91.0 Å². The van der Waals surface area contributed by atoms with Crippen LogP contribution in [0.1, 0.15) is 26.2 Å². The first-order valence-corrected chi connectivity index (χ1v) is 11.1. The van der Waals surface area contributed by atoms with Crippen LogP contribution in [0.25, 0.3) is 0 Å². The van der Waals surface area contributed by atoms with Crippen molar-refractivity contribution in [1.29, 1.82) is 0 Å². The van der Waals surface area contributed by atoms with E-state index in [4.69, 9.17) is 5.11 Å². The third-order valence-electron chi connectivity index (χ3n) is 4.37. The van der Waals surface area contributed by atoms with Gasteiger partial charge in [0.2, 0.25) is 0 Å². The van der Waals surface area contributed by atoms with Crippen molar-refractivity contribution in [3.8, 4) is 0 Å². The molecule has 1 unspecified atom stereocenters. The maximum absolute atomic E-state index is 10.2. The molecule has 3 aromatic rings. The first-order valence-electron chi connectivity index (χ1n) is 9.87. The van der Waals surface area contributed by atoms with Gasteiger partial charge in [-0.3, -0.25) is 4.79 Å². The highest BCUT2D eigenvalue weighted by molar-refractivity contribution is 7.97. The Morgan fingerprint density at radius 2 is 1.17 bits per heavy atom. The lowest BCUT2D eigenvalue weighted by Gasteiger charge is -2.11. The van der Waals surface area contributed by atoms with Crippen LogP contribution >= 0.6 is 0 Å². The molecule has 0 bridgehead atoms. The molecule has 0 aromatic heterocycles. The molecule has 3 aromatic carbocycles. The first kappa shape index (κ1) is 23.2. The average molecular weight is 423 g/mol. The van der Waals surface area contributed by atoms with Gasteiger partial charge in [-0.05, 0) is 42.8 Å². The smallest absolute Gasteiger partial charge is 0.312 e. The summed E-state index contributed by atoms with van der Waals surface area (Å²) in [5.41, 5.74) is 0. The van der Waals surface area contributed by atoms with Gasteiger partial charge in [0.15, 0.2) is 14.7 Å². The fourth-order valence-electron chi connectivity index (χ4n) is 2.83. The minimum absolute atomic E-state index is 0.0146. The molecule has 30 heavy (non-hydrogen) atoms. The summed E-state index contributed by atoms with van der Waals surface area (Å²) in [7, 11) is -0.0146. The summed E-state index contributed by atoms with van der Waals surface area (Å²) in [6.07, 6.45) is 1.55. The monoisotopic (exact) mass is 422 g/mol. The van der Waals surface area contributed by atoms with E-state index >= 15 is 0 Å². The summed E-state index contributed by atoms with van der Waals surface area (Å²) in [5.74, 6) is -4.14. The number of carbonyl (C=O) groups excluding carboxylic acids is 1. The Kier molecular flexibility index (Phi) is 9.68. The molecular formula is C25H26O4S. The van der Waals surface area contributed by atoms with Crippen molar-refractivity contribution in [3.63, 3.8) is 0 Å². The molecule has 0 aliphatic rings. The molecular weight excluding hydrogens is 396 g/mol. The molecule has 0 heterocycles. The quantitative estimate of drug-likeness (QED) is 0.431. The molecule has 0 radical (unpaired) electrons. The molecule has 0 amide bonds. The molecule has 1 N–H and O–H groups in total. The SMILES string of the molecule is CCCCC(C(=O)[O-])C(=O)O.c1ccc([S+](c2ccccc2)c2ccccc2)cc1. The number of carbonyl (C=O) groups is 2. The molecule has 0 spiro atoms. The van der Waals surface area contributed by atoms with Crippen LogP contribution in [0.4, 0.5) is 0 Å². The highest BCUT2D eigenvalue weighted by atomic mass is 32.2. The minimum atomic E-state index is -1.49. The molecule has 0 saturated heterocycles. The first-order chi connectivity index (χ1) is 14.5. The number of benzene rings is 3. The van der Waals surface area contributed by atoms with Gasteiger partial charge in [-0.1, -0.05) is 74.4 Å². The zero-order valence-electron chi connectivity index (χ0n) is 16.9. The van der Waals surface area contributed by atoms with Crippen molar-refractivity contribution in [3.05, 3.63) is 91.0 Å². The molecule has 5 heteroatoms. The summed E-state index contributed by atoms with van der Waals surface area (Å²) < 4.78 is 0. The number of rotatable bonds is 8. The Morgan fingerprint density at radius 1 is 0.800 bits per heavy atom. The van der Waals surface area contributed by atoms with Gasteiger partial charge in [0.05, 0.1) is 22.8 Å². The normalized spacial score (nSPS) is 11.3. The number of carboxylic acid groups (broad SMARTS) is 2. The van der Waals surface area contributed by atoms with Crippen molar-refractivity contribution < 1.29 is 19.8 Å². The van der Waals surface area contributed by atoms with Crippen molar-refractivity contribution >= 4 is 22.8 Å². The molecule has 4 nitrogen and oxygen atoms in total. The van der Waals surface area contributed by atoms with E-state index in [1.54, 1.807) is 0 Å². The van der Waals surface area contributed by atoms with Gasteiger partial charge >= 0.3 is 5.97 Å². The van der Waals surface area contributed by atoms with Gasteiger partial charge in [-0.25, -0.2) is 0 Å². The highest BCUT2D eigenvalue weighted by Crippen LogP contribution is 2.30. The highest BCUT2D eigenvalue weighted by Gasteiger charge is 2.27. The Hall–Kier alpha value is -3.05. The standard InChI is InChI=1S/C18H15S.C7H12O4/c1-4-10-16(11-5-1)19(17-12-6-2-7-13-17)18-14-8-3-9-15-18;1-2-3-4-5(6(8)9)7(10)11/h1-15H;5H,2-4H2,1H3,(H,8,9)(H,10,11)/q+1;/p-1. The summed E-state index contributed by atoms with van der Waals surface area (Å²) in [5, 5.41) is 18.5. The third kappa shape index (κ3) is 7.08. The van der Waals surface area contributed by atoms with Crippen LogP contribution in [-0.4, -0.2) is 17.0 Å². The van der Waals surface area contributed by atoms with E-state index in [1.807, 2.05) is 6.92 Å². The van der Waals surface area contributed by atoms with Crippen LogP contribution in [0.15, 0.2) is 106 Å². The van der Waals surface area contributed by atoms with E-state index < -0.39 is 17.9 Å². The number of hydrogen-bond acceptors (Lipinski definition) is 3. The fourth-order valence-corrected chi connectivity index (χ4v) is 4.93. The third-order valence-corrected chi connectivity index (χ3v) is 6.60. The number of hydrogen-bond donors (Lipinski definition) is 1. The molecule has 0 fully saturated rings. The second-order valence-electron chi connectivity index (χ2n) is 6.60. The van der Waals surface area contributed by atoms with Crippen molar-refractivity contribution in [2.24, 2.45) is 5.92 Å². The topological polar surface area (TPSA) is 77.4 Å². The number of aliphatic carboxylic acids is 2. The number of unbranched alkanes of at least 4 members (excludes halogenated alkanes) is 1. The van der Waals surface area contributed by atoms with Gasteiger partial charge < -0.3 is 15.0 Å². The predicted octanol–water partition coefficient (Wildman–Crippen LogP) is 4.41. The van der Waals surface area contributed by atoms with E-state index in [0.29, 0.717) is 6.42 Å².